The van der Waals surface area contributed by atoms with Crippen LogP contribution in [0.4, 0.5) is 13.2 Å². The van der Waals surface area contributed by atoms with Gasteiger partial charge < -0.3 is 10.5 Å². The Balaban J connectivity index is 1.95. The van der Waals surface area contributed by atoms with Gasteiger partial charge in [-0.1, -0.05) is 0 Å². The first kappa shape index (κ1) is 14.3. The Morgan fingerprint density at radius 1 is 1.16 bits per heavy atom. The van der Waals surface area contributed by atoms with E-state index in [0.29, 0.717) is 18.9 Å². The van der Waals surface area contributed by atoms with E-state index in [1.807, 2.05) is 0 Å². The fourth-order valence-electron chi connectivity index (χ4n) is 2.38. The van der Waals surface area contributed by atoms with Crippen molar-refractivity contribution in [3.8, 4) is 0 Å². The fraction of sp³-hybridized carbons (Fsp3) is 0.571. The van der Waals surface area contributed by atoms with Crippen molar-refractivity contribution in [3.05, 3.63) is 35.1 Å². The molecule has 5 heteroatoms. The first-order chi connectivity index (χ1) is 9.08. The third kappa shape index (κ3) is 3.70. The van der Waals surface area contributed by atoms with Gasteiger partial charge in [0, 0.05) is 24.3 Å². The van der Waals surface area contributed by atoms with Gasteiger partial charge in [0.05, 0.1) is 6.10 Å². The van der Waals surface area contributed by atoms with Crippen LogP contribution in [0.15, 0.2) is 12.1 Å². The SMILES string of the molecule is NC(CCC1CCCCO1)c1cc(F)c(F)cc1F. The average Bonchev–Trinajstić information content (AvgIpc) is 2.41. The molecule has 0 aliphatic carbocycles. The van der Waals surface area contributed by atoms with Gasteiger partial charge in [-0.25, -0.2) is 13.2 Å². The maximum atomic E-state index is 13.5. The van der Waals surface area contributed by atoms with Crippen molar-refractivity contribution in [1.29, 1.82) is 0 Å². The molecule has 2 rings (SSSR count). The van der Waals surface area contributed by atoms with Gasteiger partial charge in [0.15, 0.2) is 11.6 Å². The Kier molecular flexibility index (Phi) is 4.82. The molecule has 1 aliphatic heterocycles. The number of ether oxygens (including phenoxy) is 1. The lowest BCUT2D eigenvalue weighted by Crippen LogP contribution is -2.22. The van der Waals surface area contributed by atoms with Gasteiger partial charge in [-0.3, -0.25) is 0 Å². The highest BCUT2D eigenvalue weighted by Gasteiger charge is 2.19. The van der Waals surface area contributed by atoms with E-state index < -0.39 is 23.5 Å². The molecule has 0 amide bonds. The highest BCUT2D eigenvalue weighted by Crippen LogP contribution is 2.25. The Morgan fingerprint density at radius 3 is 2.58 bits per heavy atom. The van der Waals surface area contributed by atoms with Crippen LogP contribution in [-0.2, 0) is 4.74 Å². The van der Waals surface area contributed by atoms with E-state index in [1.54, 1.807) is 0 Å². The summed E-state index contributed by atoms with van der Waals surface area (Å²) in [5, 5.41) is 0. The normalized spacial score (nSPS) is 21.4. The molecule has 0 aromatic heterocycles. The van der Waals surface area contributed by atoms with E-state index in [0.717, 1.165) is 31.9 Å². The molecular formula is C14H18F3NO. The van der Waals surface area contributed by atoms with Crippen molar-refractivity contribution >= 4 is 0 Å². The number of nitrogens with two attached hydrogens (primary N) is 1. The average molecular weight is 273 g/mol. The summed E-state index contributed by atoms with van der Waals surface area (Å²) in [6, 6.07) is 0.749. The summed E-state index contributed by atoms with van der Waals surface area (Å²) in [4.78, 5) is 0. The molecule has 2 atom stereocenters. The van der Waals surface area contributed by atoms with Crippen LogP contribution in [0.5, 0.6) is 0 Å². The molecule has 2 nitrogen and oxygen atoms in total. The smallest absolute Gasteiger partial charge is 0.161 e. The van der Waals surface area contributed by atoms with Crippen LogP contribution < -0.4 is 5.73 Å². The summed E-state index contributed by atoms with van der Waals surface area (Å²) in [6.45, 7) is 0.749. The molecule has 0 saturated carbocycles. The maximum Gasteiger partial charge on any atom is 0.161 e. The molecule has 1 heterocycles. The Labute approximate surface area is 110 Å². The second-order valence-electron chi connectivity index (χ2n) is 4.96. The van der Waals surface area contributed by atoms with Crippen molar-refractivity contribution in [2.45, 2.75) is 44.2 Å². The molecule has 0 radical (unpaired) electrons. The molecule has 19 heavy (non-hydrogen) atoms. The van der Waals surface area contributed by atoms with Crippen molar-refractivity contribution in [1.82, 2.24) is 0 Å². The van der Waals surface area contributed by atoms with Crippen LogP contribution >= 0.6 is 0 Å². The minimum atomic E-state index is -1.19. The molecule has 1 aliphatic rings. The predicted molar refractivity (Wildman–Crippen MR) is 66.1 cm³/mol. The zero-order valence-electron chi connectivity index (χ0n) is 10.7. The third-order valence-electron chi connectivity index (χ3n) is 3.51. The second kappa shape index (κ2) is 6.39. The minimum Gasteiger partial charge on any atom is -0.378 e. The van der Waals surface area contributed by atoms with Gasteiger partial charge in [-0.15, -0.1) is 0 Å². The van der Waals surface area contributed by atoms with Crippen LogP contribution in [0, 0.1) is 17.5 Å². The zero-order valence-corrected chi connectivity index (χ0v) is 10.7. The zero-order chi connectivity index (χ0) is 13.8. The lowest BCUT2D eigenvalue weighted by Gasteiger charge is -2.24. The van der Waals surface area contributed by atoms with Crippen LogP contribution in [0.3, 0.4) is 0 Å². The van der Waals surface area contributed by atoms with Crippen LogP contribution in [0.25, 0.3) is 0 Å². The first-order valence-corrected chi connectivity index (χ1v) is 6.59. The van der Waals surface area contributed by atoms with E-state index in [-0.39, 0.29) is 11.7 Å². The highest BCUT2D eigenvalue weighted by molar-refractivity contribution is 5.23. The molecule has 2 unspecified atom stereocenters. The topological polar surface area (TPSA) is 35.2 Å². The van der Waals surface area contributed by atoms with E-state index in [9.17, 15) is 13.2 Å². The number of benzene rings is 1. The largest absolute Gasteiger partial charge is 0.378 e. The number of hydrogen-bond donors (Lipinski definition) is 1. The molecule has 0 spiro atoms. The summed E-state index contributed by atoms with van der Waals surface area (Å²) >= 11 is 0. The standard InChI is InChI=1S/C14H18F3NO/c15-11-8-13(17)12(16)7-10(11)14(18)5-4-9-3-1-2-6-19-9/h7-9,14H,1-6,18H2. The van der Waals surface area contributed by atoms with Gasteiger partial charge in [0.25, 0.3) is 0 Å². The van der Waals surface area contributed by atoms with Gasteiger partial charge >= 0.3 is 0 Å². The molecule has 0 bridgehead atoms. The summed E-state index contributed by atoms with van der Waals surface area (Å²) < 4.78 is 45.0. The van der Waals surface area contributed by atoms with E-state index in [1.165, 1.54) is 0 Å². The van der Waals surface area contributed by atoms with E-state index in [4.69, 9.17) is 10.5 Å². The second-order valence-corrected chi connectivity index (χ2v) is 4.96. The maximum absolute atomic E-state index is 13.5. The predicted octanol–water partition coefficient (Wildman–Crippen LogP) is 3.45. The Morgan fingerprint density at radius 2 is 1.89 bits per heavy atom. The van der Waals surface area contributed by atoms with Crippen LogP contribution in [-0.4, -0.2) is 12.7 Å². The first-order valence-electron chi connectivity index (χ1n) is 6.59. The molecule has 1 fully saturated rings. The molecule has 2 N–H and O–H groups in total. The van der Waals surface area contributed by atoms with Gasteiger partial charge in [0.2, 0.25) is 0 Å². The van der Waals surface area contributed by atoms with Crippen LogP contribution in [0.1, 0.15) is 43.7 Å². The third-order valence-corrected chi connectivity index (χ3v) is 3.51. The van der Waals surface area contributed by atoms with Gasteiger partial charge in [-0.2, -0.15) is 0 Å². The monoisotopic (exact) mass is 273 g/mol. The van der Waals surface area contributed by atoms with Crippen molar-refractivity contribution in [2.75, 3.05) is 6.61 Å². The van der Waals surface area contributed by atoms with Crippen LogP contribution in [0.2, 0.25) is 0 Å². The van der Waals surface area contributed by atoms with Gasteiger partial charge in [0.1, 0.15) is 5.82 Å². The molecule has 1 saturated heterocycles. The summed E-state index contributed by atoms with van der Waals surface area (Å²) in [6.07, 6.45) is 4.52. The Bertz CT molecular complexity index is 433. The number of halogens is 3. The summed E-state index contributed by atoms with van der Waals surface area (Å²) in [7, 11) is 0. The van der Waals surface area contributed by atoms with Gasteiger partial charge in [-0.05, 0) is 38.2 Å². The molecule has 106 valence electrons. The van der Waals surface area contributed by atoms with Crippen molar-refractivity contribution in [2.24, 2.45) is 5.73 Å². The molecular weight excluding hydrogens is 255 g/mol. The summed E-state index contributed by atoms with van der Waals surface area (Å²) in [5.41, 5.74) is 5.87. The molecule has 1 aromatic rings. The fourth-order valence-corrected chi connectivity index (χ4v) is 2.38. The number of rotatable bonds is 4. The summed E-state index contributed by atoms with van der Waals surface area (Å²) in [5.74, 6) is -3.05. The van der Waals surface area contributed by atoms with E-state index in [2.05, 4.69) is 0 Å². The van der Waals surface area contributed by atoms with Crippen molar-refractivity contribution in [3.63, 3.8) is 0 Å². The minimum absolute atomic E-state index is 0.0229. The van der Waals surface area contributed by atoms with E-state index >= 15 is 0 Å². The highest BCUT2D eigenvalue weighted by atomic mass is 19.2. The lowest BCUT2D eigenvalue weighted by molar-refractivity contribution is 0.00907. The molecule has 1 aromatic carbocycles. The number of hydrogen-bond acceptors (Lipinski definition) is 2. The Hall–Kier alpha value is -1.07. The quantitative estimate of drug-likeness (QED) is 0.853. The lowest BCUT2D eigenvalue weighted by atomic mass is 9.97. The van der Waals surface area contributed by atoms with Crippen molar-refractivity contribution < 1.29 is 17.9 Å².